The van der Waals surface area contributed by atoms with Crippen molar-refractivity contribution >= 4 is 33.3 Å². The molecule has 0 aromatic heterocycles. The van der Waals surface area contributed by atoms with Crippen molar-refractivity contribution < 1.29 is 9.18 Å². The van der Waals surface area contributed by atoms with Gasteiger partial charge in [-0.15, -0.1) is 0 Å². The van der Waals surface area contributed by atoms with E-state index < -0.39 is 0 Å². The molecule has 120 valence electrons. The van der Waals surface area contributed by atoms with Crippen LogP contribution in [0.2, 0.25) is 0 Å². The lowest BCUT2D eigenvalue weighted by Gasteiger charge is -2.36. The first-order valence-corrected chi connectivity index (χ1v) is 8.24. The summed E-state index contributed by atoms with van der Waals surface area (Å²) in [6.07, 6.45) is 0. The van der Waals surface area contributed by atoms with Gasteiger partial charge in [0.25, 0.3) is 0 Å². The third-order valence-electron chi connectivity index (χ3n) is 3.88. The highest BCUT2D eigenvalue weighted by Crippen LogP contribution is 2.23. The van der Waals surface area contributed by atoms with Gasteiger partial charge in [0.1, 0.15) is 5.82 Å². The first-order valence-electron chi connectivity index (χ1n) is 7.45. The fourth-order valence-corrected chi connectivity index (χ4v) is 3.00. The van der Waals surface area contributed by atoms with Gasteiger partial charge in [-0.05, 0) is 40.2 Å². The molecule has 0 bridgehead atoms. The van der Waals surface area contributed by atoms with Crippen LogP contribution in [0.3, 0.4) is 0 Å². The molecule has 2 aromatic carbocycles. The molecule has 6 heteroatoms. The number of para-hydroxylation sites is 2. The van der Waals surface area contributed by atoms with Crippen LogP contribution in [-0.4, -0.2) is 37.1 Å². The number of anilines is 2. The third-order valence-corrected chi connectivity index (χ3v) is 4.57. The predicted octanol–water partition coefficient (Wildman–Crippen LogP) is 3.94. The van der Waals surface area contributed by atoms with Crippen LogP contribution in [0.15, 0.2) is 53.0 Å². The summed E-state index contributed by atoms with van der Waals surface area (Å²) < 4.78 is 14.7. The highest BCUT2D eigenvalue weighted by atomic mass is 79.9. The molecule has 1 aliphatic heterocycles. The van der Waals surface area contributed by atoms with Crippen LogP contribution >= 0.6 is 15.9 Å². The molecule has 1 aliphatic rings. The lowest BCUT2D eigenvalue weighted by atomic mass is 10.2. The van der Waals surface area contributed by atoms with Gasteiger partial charge in [0.15, 0.2) is 0 Å². The van der Waals surface area contributed by atoms with Crippen molar-refractivity contribution in [2.24, 2.45) is 0 Å². The normalized spacial score (nSPS) is 14.7. The monoisotopic (exact) mass is 377 g/mol. The van der Waals surface area contributed by atoms with Crippen LogP contribution in [0, 0.1) is 5.82 Å². The van der Waals surface area contributed by atoms with E-state index in [1.165, 1.54) is 6.07 Å². The molecule has 1 heterocycles. The largest absolute Gasteiger partial charge is 0.366 e. The van der Waals surface area contributed by atoms with Crippen molar-refractivity contribution in [3.8, 4) is 0 Å². The number of benzene rings is 2. The van der Waals surface area contributed by atoms with E-state index in [1.54, 1.807) is 17.0 Å². The number of amides is 2. The maximum Gasteiger partial charge on any atom is 0.321 e. The Morgan fingerprint density at radius 2 is 1.65 bits per heavy atom. The molecular weight excluding hydrogens is 361 g/mol. The standard InChI is InChI=1S/C17H17BrFN3O/c18-13-5-1-3-7-15(13)20-17(23)22-11-9-21(10-12-22)16-8-4-2-6-14(16)19/h1-8H,9-12H2,(H,20,23). The second-order valence-electron chi connectivity index (χ2n) is 5.34. The minimum atomic E-state index is -0.224. The molecule has 1 fully saturated rings. The number of urea groups is 1. The van der Waals surface area contributed by atoms with E-state index in [1.807, 2.05) is 35.2 Å². The zero-order chi connectivity index (χ0) is 16.2. The van der Waals surface area contributed by atoms with Crippen molar-refractivity contribution in [1.82, 2.24) is 4.90 Å². The number of nitrogens with one attached hydrogen (secondary N) is 1. The maximum absolute atomic E-state index is 13.8. The minimum absolute atomic E-state index is 0.134. The van der Waals surface area contributed by atoms with Crippen LogP contribution in [0.4, 0.5) is 20.6 Å². The van der Waals surface area contributed by atoms with Gasteiger partial charge in [-0.1, -0.05) is 24.3 Å². The Balaban J connectivity index is 1.60. The smallest absolute Gasteiger partial charge is 0.321 e. The molecular formula is C17H17BrFN3O. The average molecular weight is 378 g/mol. The van der Waals surface area contributed by atoms with Gasteiger partial charge in [-0.3, -0.25) is 0 Å². The van der Waals surface area contributed by atoms with Gasteiger partial charge in [-0.25, -0.2) is 9.18 Å². The lowest BCUT2D eigenvalue weighted by Crippen LogP contribution is -2.50. The molecule has 23 heavy (non-hydrogen) atoms. The molecule has 0 saturated carbocycles. The Morgan fingerprint density at radius 1 is 1.00 bits per heavy atom. The van der Waals surface area contributed by atoms with Gasteiger partial charge >= 0.3 is 6.03 Å². The third kappa shape index (κ3) is 3.64. The van der Waals surface area contributed by atoms with E-state index in [2.05, 4.69) is 21.2 Å². The van der Waals surface area contributed by atoms with Crippen molar-refractivity contribution in [2.45, 2.75) is 0 Å². The molecule has 0 atom stereocenters. The summed E-state index contributed by atoms with van der Waals surface area (Å²) in [6.45, 7) is 2.35. The summed E-state index contributed by atoms with van der Waals surface area (Å²) in [4.78, 5) is 16.0. The second kappa shape index (κ2) is 7.00. The molecule has 4 nitrogen and oxygen atoms in total. The van der Waals surface area contributed by atoms with E-state index >= 15 is 0 Å². The first-order chi connectivity index (χ1) is 11.1. The van der Waals surface area contributed by atoms with Gasteiger partial charge in [0.2, 0.25) is 0 Å². The van der Waals surface area contributed by atoms with Crippen molar-refractivity contribution in [2.75, 3.05) is 36.4 Å². The summed E-state index contributed by atoms with van der Waals surface area (Å²) in [6, 6.07) is 14.1. The molecule has 1 saturated heterocycles. The number of hydrogen-bond donors (Lipinski definition) is 1. The van der Waals surface area contributed by atoms with Crippen LogP contribution in [0.1, 0.15) is 0 Å². The zero-order valence-corrected chi connectivity index (χ0v) is 14.1. The molecule has 0 radical (unpaired) electrons. The van der Waals surface area contributed by atoms with Crippen LogP contribution < -0.4 is 10.2 Å². The van der Waals surface area contributed by atoms with Crippen LogP contribution in [0.5, 0.6) is 0 Å². The van der Waals surface area contributed by atoms with Crippen molar-refractivity contribution in [3.63, 3.8) is 0 Å². The zero-order valence-electron chi connectivity index (χ0n) is 12.5. The Labute approximate surface area is 143 Å². The van der Waals surface area contributed by atoms with Gasteiger partial charge in [-0.2, -0.15) is 0 Å². The summed E-state index contributed by atoms with van der Waals surface area (Å²) in [7, 11) is 0. The number of carbonyl (C=O) groups is 1. The van der Waals surface area contributed by atoms with E-state index in [0.717, 1.165) is 10.2 Å². The number of hydrogen-bond acceptors (Lipinski definition) is 2. The number of nitrogens with zero attached hydrogens (tertiary/aromatic N) is 2. The van der Waals surface area contributed by atoms with Gasteiger partial charge in [0.05, 0.1) is 11.4 Å². The highest BCUT2D eigenvalue weighted by molar-refractivity contribution is 9.10. The minimum Gasteiger partial charge on any atom is -0.366 e. The first kappa shape index (κ1) is 15.8. The molecule has 2 amide bonds. The van der Waals surface area contributed by atoms with Crippen molar-refractivity contribution in [1.29, 1.82) is 0 Å². The Bertz CT molecular complexity index is 702. The van der Waals surface area contributed by atoms with Gasteiger partial charge < -0.3 is 15.1 Å². The molecule has 1 N–H and O–H groups in total. The Kier molecular flexibility index (Phi) is 4.81. The second-order valence-corrected chi connectivity index (χ2v) is 6.19. The van der Waals surface area contributed by atoms with Crippen LogP contribution in [-0.2, 0) is 0 Å². The average Bonchev–Trinajstić information content (AvgIpc) is 2.57. The van der Waals surface area contributed by atoms with E-state index in [0.29, 0.717) is 31.9 Å². The van der Waals surface area contributed by atoms with E-state index in [9.17, 15) is 9.18 Å². The molecule has 0 spiro atoms. The van der Waals surface area contributed by atoms with Crippen molar-refractivity contribution in [3.05, 3.63) is 58.8 Å². The lowest BCUT2D eigenvalue weighted by molar-refractivity contribution is 0.208. The molecule has 0 aliphatic carbocycles. The summed E-state index contributed by atoms with van der Waals surface area (Å²) in [5.74, 6) is -0.224. The topological polar surface area (TPSA) is 35.6 Å². The Morgan fingerprint density at radius 3 is 2.35 bits per heavy atom. The summed E-state index contributed by atoms with van der Waals surface area (Å²) in [5.41, 5.74) is 1.34. The van der Waals surface area contributed by atoms with Gasteiger partial charge in [0, 0.05) is 30.7 Å². The SMILES string of the molecule is O=C(Nc1ccccc1Br)N1CCN(c2ccccc2F)CC1. The fourth-order valence-electron chi connectivity index (χ4n) is 2.62. The fraction of sp³-hybridized carbons (Fsp3) is 0.235. The number of carbonyl (C=O) groups excluding carboxylic acids is 1. The number of rotatable bonds is 2. The Hall–Kier alpha value is -2.08. The summed E-state index contributed by atoms with van der Waals surface area (Å²) in [5, 5.41) is 2.89. The summed E-state index contributed by atoms with van der Waals surface area (Å²) >= 11 is 3.41. The van der Waals surface area contributed by atoms with E-state index in [4.69, 9.17) is 0 Å². The highest BCUT2D eigenvalue weighted by Gasteiger charge is 2.22. The quantitative estimate of drug-likeness (QED) is 0.859. The number of halogens is 2. The van der Waals surface area contributed by atoms with Crippen LogP contribution in [0.25, 0.3) is 0 Å². The molecule has 3 rings (SSSR count). The number of piperazine rings is 1. The van der Waals surface area contributed by atoms with E-state index in [-0.39, 0.29) is 11.8 Å². The molecule has 0 unspecified atom stereocenters. The maximum atomic E-state index is 13.8. The molecule has 2 aromatic rings. The predicted molar refractivity (Wildman–Crippen MR) is 93.3 cm³/mol.